The van der Waals surface area contributed by atoms with Crippen LogP contribution in [-0.4, -0.2) is 143 Å². The van der Waals surface area contributed by atoms with E-state index in [1.54, 1.807) is 59.9 Å². The number of likely N-dealkylation sites (N-methyl/N-ethyl adjacent to an activating group) is 1. The molecule has 2 aliphatic heterocycles. The van der Waals surface area contributed by atoms with Crippen molar-refractivity contribution >= 4 is 34.7 Å². The van der Waals surface area contributed by atoms with E-state index in [9.17, 15) is 25.2 Å². The maximum absolute atomic E-state index is 14.7. The Morgan fingerprint density at radius 1 is 0.887 bits per heavy atom. The molecule has 1 saturated carbocycles. The molecule has 3 aliphatic rings. The van der Waals surface area contributed by atoms with Crippen LogP contribution in [0.2, 0.25) is 10.0 Å². The van der Waals surface area contributed by atoms with Crippen molar-refractivity contribution in [2.24, 2.45) is 34.7 Å². The molecule has 0 radical (unpaired) electrons. The smallest absolute Gasteiger partial charge is 0.185 e. The van der Waals surface area contributed by atoms with Gasteiger partial charge >= 0.3 is 0 Å². The SMILES string of the molecule is CC[C@H]1CC(=O)[C@H](C)[C@@H](O[C@H]2C[C@@](C)(OC)[C@@H](O)[C@H](C)O2)[C@H](C)[C@@H](O[C@@H]2O[C@H](C)C[C@H](N(C)C)[C@H]2O)[C@](C)(OC)C[C@@H](C)/C(=N\OCc2c(Cl)cccc2Cl)[C@H](C)[C@@H](O)[C@]1(C)O. The van der Waals surface area contributed by atoms with Gasteiger partial charge in [-0.25, -0.2) is 0 Å². The summed E-state index contributed by atoms with van der Waals surface area (Å²) in [5.41, 5.74) is -3.01. The van der Waals surface area contributed by atoms with Gasteiger partial charge in [0, 0.05) is 72.4 Å². The Labute approximate surface area is 379 Å². The van der Waals surface area contributed by atoms with E-state index in [2.05, 4.69) is 5.16 Å². The molecular weight excluding hydrogens is 843 g/mol. The predicted molar refractivity (Wildman–Crippen MR) is 238 cm³/mol. The van der Waals surface area contributed by atoms with Crippen LogP contribution in [0.25, 0.3) is 0 Å². The monoisotopic (exact) mass is 918 g/mol. The van der Waals surface area contributed by atoms with Gasteiger partial charge in [0.05, 0.1) is 53.0 Å². The second kappa shape index (κ2) is 21.9. The summed E-state index contributed by atoms with van der Waals surface area (Å²) < 4.78 is 38.9. The maximum atomic E-state index is 14.7. The van der Waals surface area contributed by atoms with Gasteiger partial charge in [0.1, 0.15) is 24.6 Å². The fraction of sp³-hybridized carbons (Fsp3) is 0.826. The fourth-order valence-corrected chi connectivity index (χ4v) is 10.5. The largest absolute Gasteiger partial charge is 0.391 e. The number of nitrogens with zero attached hydrogens (tertiary/aromatic N) is 2. The van der Waals surface area contributed by atoms with Gasteiger partial charge in [0.2, 0.25) is 0 Å². The number of hydrogen-bond donors (Lipinski definition) is 4. The van der Waals surface area contributed by atoms with Crippen molar-refractivity contribution in [2.45, 2.75) is 186 Å². The van der Waals surface area contributed by atoms with Crippen LogP contribution in [0.5, 0.6) is 0 Å². The van der Waals surface area contributed by atoms with Crippen LogP contribution in [0.4, 0.5) is 0 Å². The number of aliphatic hydroxyl groups is 4. The lowest BCUT2D eigenvalue weighted by Crippen LogP contribution is -2.61. The summed E-state index contributed by atoms with van der Waals surface area (Å²) in [6.45, 7) is 18.2. The highest BCUT2D eigenvalue weighted by molar-refractivity contribution is 6.35. The standard InChI is InChI=1S/C46H76Cl2N2O12/c1-15-30-20-35(51)26(4)39(61-36-22-44(8,56-13)41(54)29(7)60-36)28(6)42(62-43-38(52)34(50(11)12)19-25(3)59-43)45(9,57-14)21-24(2)37(27(5)40(53)46(30,10)55)49-58-23-31-32(47)17-16-18-33(31)48/h16-18,24-30,34,36,38-43,52-55H,15,19-23H2,1-14H3/b49-37+/t24-,25-,26+,27+,28+,29+,30+,34+,36+,38-,39-,40-,41+,42-,43+,44-,45-,46-/m1/s1. The molecule has 2 saturated heterocycles. The number of ketones is 1. The molecule has 18 atom stereocenters. The molecule has 14 nitrogen and oxygen atoms in total. The van der Waals surface area contributed by atoms with E-state index in [0.29, 0.717) is 34.2 Å². The minimum atomic E-state index is -1.75. The lowest BCUT2D eigenvalue weighted by atomic mass is 9.69. The Hall–Kier alpha value is -1.50. The maximum Gasteiger partial charge on any atom is 0.185 e. The van der Waals surface area contributed by atoms with Gasteiger partial charge in [-0.1, -0.05) is 75.5 Å². The van der Waals surface area contributed by atoms with Crippen LogP contribution in [0.3, 0.4) is 0 Å². The van der Waals surface area contributed by atoms with Gasteiger partial charge in [-0.05, 0) is 79.6 Å². The first-order valence-electron chi connectivity index (χ1n) is 22.2. The average molecular weight is 920 g/mol. The zero-order valence-corrected chi connectivity index (χ0v) is 40.9. The number of carbonyl (C=O) groups is 1. The number of rotatable bonds is 11. The van der Waals surface area contributed by atoms with Crippen LogP contribution in [0.1, 0.15) is 107 Å². The van der Waals surface area contributed by atoms with Crippen molar-refractivity contribution in [2.75, 3.05) is 28.3 Å². The number of ether oxygens (including phenoxy) is 6. The molecule has 0 aromatic heterocycles. The number of benzene rings is 1. The molecule has 0 amide bonds. The van der Waals surface area contributed by atoms with Crippen molar-refractivity contribution < 1.29 is 58.5 Å². The zero-order chi connectivity index (χ0) is 46.6. The summed E-state index contributed by atoms with van der Waals surface area (Å²) in [4.78, 5) is 22.7. The van der Waals surface area contributed by atoms with Crippen LogP contribution in [0, 0.1) is 29.6 Å². The average Bonchev–Trinajstić information content (AvgIpc) is 3.21. The quantitative estimate of drug-likeness (QED) is 0.179. The summed E-state index contributed by atoms with van der Waals surface area (Å²) in [5.74, 6) is -3.59. The molecule has 1 aliphatic carbocycles. The van der Waals surface area contributed by atoms with Crippen molar-refractivity contribution in [1.82, 2.24) is 4.90 Å². The molecule has 0 unspecified atom stereocenters. The molecule has 1 aromatic carbocycles. The fourth-order valence-electron chi connectivity index (χ4n) is 10.0. The Morgan fingerprint density at radius 3 is 2.06 bits per heavy atom. The molecule has 356 valence electrons. The summed E-state index contributed by atoms with van der Waals surface area (Å²) in [7, 11) is 6.91. The number of aliphatic hydroxyl groups excluding tert-OH is 3. The molecule has 2 heterocycles. The Kier molecular flexibility index (Phi) is 18.7. The zero-order valence-electron chi connectivity index (χ0n) is 39.3. The molecule has 0 bridgehead atoms. The third-order valence-electron chi connectivity index (χ3n) is 14.4. The van der Waals surface area contributed by atoms with Gasteiger partial charge in [0.15, 0.2) is 12.6 Å². The minimum Gasteiger partial charge on any atom is -0.391 e. The number of Topliss-reactive ketones (excluding diaryl/α,β-unsaturated/α-hetero) is 1. The number of carbonyl (C=O) groups excluding carboxylic acids is 1. The first-order valence-corrected chi connectivity index (χ1v) is 22.9. The van der Waals surface area contributed by atoms with E-state index in [-0.39, 0.29) is 43.8 Å². The number of methoxy groups -OCH3 is 2. The summed E-state index contributed by atoms with van der Waals surface area (Å²) >= 11 is 13.0. The van der Waals surface area contributed by atoms with Crippen molar-refractivity contribution in [3.63, 3.8) is 0 Å². The van der Waals surface area contributed by atoms with Crippen LogP contribution in [0.15, 0.2) is 23.4 Å². The lowest BCUT2D eigenvalue weighted by molar-refractivity contribution is -0.318. The molecule has 4 N–H and O–H groups in total. The van der Waals surface area contributed by atoms with E-state index in [1.807, 2.05) is 53.6 Å². The lowest BCUT2D eigenvalue weighted by Gasteiger charge is -2.50. The Bertz CT molecular complexity index is 1630. The summed E-state index contributed by atoms with van der Waals surface area (Å²) in [5, 5.41) is 52.8. The first kappa shape index (κ1) is 53.1. The number of oxime groups is 1. The van der Waals surface area contributed by atoms with Crippen LogP contribution < -0.4 is 0 Å². The second-order valence-electron chi connectivity index (χ2n) is 19.2. The predicted octanol–water partition coefficient (Wildman–Crippen LogP) is 6.41. The third-order valence-corrected chi connectivity index (χ3v) is 15.1. The number of hydrogen-bond acceptors (Lipinski definition) is 14. The molecule has 0 spiro atoms. The van der Waals surface area contributed by atoms with Gasteiger partial charge in [-0.15, -0.1) is 0 Å². The van der Waals surface area contributed by atoms with Crippen molar-refractivity contribution in [1.29, 1.82) is 0 Å². The van der Waals surface area contributed by atoms with Crippen LogP contribution >= 0.6 is 23.2 Å². The molecular formula is C46H76Cl2N2O12. The van der Waals surface area contributed by atoms with Gasteiger partial charge in [-0.3, -0.25) is 4.79 Å². The van der Waals surface area contributed by atoms with E-state index >= 15 is 0 Å². The van der Waals surface area contributed by atoms with E-state index in [4.69, 9.17) is 56.5 Å². The van der Waals surface area contributed by atoms with E-state index < -0.39 is 95.6 Å². The normalized spacial score (nSPS) is 43.7. The topological polar surface area (TPSA) is 178 Å². The summed E-state index contributed by atoms with van der Waals surface area (Å²) in [6, 6.07) is 4.87. The second-order valence-corrected chi connectivity index (χ2v) is 20.0. The highest BCUT2D eigenvalue weighted by Gasteiger charge is 2.53. The third kappa shape index (κ3) is 11.7. The van der Waals surface area contributed by atoms with Crippen molar-refractivity contribution in [3.8, 4) is 0 Å². The van der Waals surface area contributed by atoms with Gasteiger partial charge < -0.3 is 58.6 Å². The number of halogens is 2. The highest BCUT2D eigenvalue weighted by Crippen LogP contribution is 2.43. The Balaban J connectivity index is 1.91. The van der Waals surface area contributed by atoms with E-state index in [0.717, 1.165) is 0 Å². The van der Waals surface area contributed by atoms with Crippen molar-refractivity contribution in [3.05, 3.63) is 33.8 Å². The highest BCUT2D eigenvalue weighted by atomic mass is 35.5. The first-order chi connectivity index (χ1) is 28.9. The van der Waals surface area contributed by atoms with Gasteiger partial charge in [-0.2, -0.15) is 0 Å². The van der Waals surface area contributed by atoms with Crippen LogP contribution in [-0.2, 0) is 44.7 Å². The summed E-state index contributed by atoms with van der Waals surface area (Å²) in [6.07, 6.45) is -6.86. The molecule has 62 heavy (non-hydrogen) atoms. The molecule has 1 aromatic rings. The molecule has 16 heteroatoms. The minimum absolute atomic E-state index is 0.0651. The van der Waals surface area contributed by atoms with E-state index in [1.165, 1.54) is 7.11 Å². The molecule has 4 rings (SSSR count). The van der Waals surface area contributed by atoms with Gasteiger partial charge in [0.25, 0.3) is 0 Å². The Morgan fingerprint density at radius 2 is 1.50 bits per heavy atom. The molecule has 3 fully saturated rings.